The van der Waals surface area contributed by atoms with Crippen molar-refractivity contribution in [2.75, 3.05) is 5.75 Å². The molecule has 1 aromatic rings. The van der Waals surface area contributed by atoms with Crippen LogP contribution in [0.5, 0.6) is 0 Å². The number of carbonyl (C=O) groups is 3. The lowest BCUT2D eigenvalue weighted by Crippen LogP contribution is -2.54. The highest BCUT2D eigenvalue weighted by Gasteiger charge is 2.48. The number of aliphatic carboxylic acids is 1. The first-order valence-corrected chi connectivity index (χ1v) is 8.38. The maximum atomic E-state index is 11.9. The van der Waals surface area contributed by atoms with Gasteiger partial charge in [-0.05, 0) is 0 Å². The molecule has 2 atom stereocenters. The van der Waals surface area contributed by atoms with E-state index >= 15 is 0 Å². The lowest BCUT2D eigenvalue weighted by atomic mass is 10.0. The Kier molecular flexibility index (Phi) is 3.92. The van der Waals surface area contributed by atoms with Crippen molar-refractivity contribution in [3.8, 4) is 0 Å². The van der Waals surface area contributed by atoms with Crippen LogP contribution in [-0.4, -0.2) is 44.0 Å². The zero-order valence-corrected chi connectivity index (χ0v) is 13.1. The highest BCUT2D eigenvalue weighted by Crippen LogP contribution is 2.45. The van der Waals surface area contributed by atoms with E-state index in [-0.39, 0.29) is 28.3 Å². The van der Waals surface area contributed by atoms with E-state index in [9.17, 15) is 19.5 Å². The quantitative estimate of drug-likeness (QED) is 0.653. The maximum absolute atomic E-state index is 11.9. The summed E-state index contributed by atoms with van der Waals surface area (Å²) in [6.07, 6.45) is 0.951. The lowest BCUT2D eigenvalue weighted by molar-refractivity contribution is -0.150. The van der Waals surface area contributed by atoms with Gasteiger partial charge in [0.2, 0.25) is 5.91 Å². The Hall–Kier alpha value is -1.87. The Balaban J connectivity index is 2.10. The maximum Gasteiger partial charge on any atom is 0.334 e. The number of carboxylic acids is 1. The van der Waals surface area contributed by atoms with E-state index in [1.54, 1.807) is 11.6 Å². The van der Waals surface area contributed by atoms with Crippen LogP contribution in [-0.2, 0) is 19.1 Å². The van der Waals surface area contributed by atoms with Gasteiger partial charge in [-0.15, -0.1) is 23.1 Å². The zero-order valence-electron chi connectivity index (χ0n) is 11.5. The molecular formula is C13H12N2O5S2. The number of nitrogens with zero attached hydrogens (tertiary/aromatic N) is 2. The van der Waals surface area contributed by atoms with Gasteiger partial charge in [0, 0.05) is 24.3 Å². The fourth-order valence-electron chi connectivity index (χ4n) is 2.42. The Labute approximate surface area is 134 Å². The second-order valence-corrected chi connectivity index (χ2v) is 6.85. The molecule has 0 aliphatic carbocycles. The van der Waals surface area contributed by atoms with E-state index in [4.69, 9.17) is 4.74 Å². The molecule has 1 amide bonds. The average molecular weight is 340 g/mol. The van der Waals surface area contributed by atoms with E-state index in [1.165, 1.54) is 34.9 Å². The Morgan fingerprint density at radius 2 is 2.32 bits per heavy atom. The normalized spacial score (nSPS) is 22.0. The summed E-state index contributed by atoms with van der Waals surface area (Å²) in [5, 5.41) is 11.5. The SMILES string of the molecule is CC(=O)OC(C1=C(C(=O)O)CS[C@H]2CC(=O)N12)c1nccs1. The van der Waals surface area contributed by atoms with Crippen molar-refractivity contribution < 1.29 is 24.2 Å². The van der Waals surface area contributed by atoms with Crippen LogP contribution in [0.15, 0.2) is 22.8 Å². The predicted molar refractivity (Wildman–Crippen MR) is 79.0 cm³/mol. The number of β-lactam (4-membered cyclic amide) rings is 1. The minimum Gasteiger partial charge on any atom is -0.478 e. The number of esters is 1. The van der Waals surface area contributed by atoms with Crippen molar-refractivity contribution >= 4 is 40.9 Å². The summed E-state index contributed by atoms with van der Waals surface area (Å²) in [7, 11) is 0. The molecule has 1 saturated heterocycles. The minimum absolute atomic E-state index is 0.0794. The van der Waals surface area contributed by atoms with Crippen molar-refractivity contribution in [2.24, 2.45) is 0 Å². The Bertz CT molecular complexity index is 670. The molecule has 0 saturated carbocycles. The first-order chi connectivity index (χ1) is 10.5. The molecule has 0 radical (unpaired) electrons. The van der Waals surface area contributed by atoms with Crippen LogP contribution in [0.1, 0.15) is 24.5 Å². The number of carbonyl (C=O) groups excluding carboxylic acids is 2. The summed E-state index contributed by atoms with van der Waals surface area (Å²) in [4.78, 5) is 40.4. The molecule has 22 heavy (non-hydrogen) atoms. The summed E-state index contributed by atoms with van der Waals surface area (Å²) in [5.41, 5.74) is 0.313. The van der Waals surface area contributed by atoms with Crippen molar-refractivity contribution in [3.05, 3.63) is 27.9 Å². The van der Waals surface area contributed by atoms with Gasteiger partial charge in [0.25, 0.3) is 0 Å². The highest BCUT2D eigenvalue weighted by molar-refractivity contribution is 8.00. The largest absolute Gasteiger partial charge is 0.478 e. The van der Waals surface area contributed by atoms with Gasteiger partial charge in [-0.1, -0.05) is 0 Å². The number of carboxylic acid groups (broad SMARTS) is 1. The number of ether oxygens (including phenoxy) is 1. The van der Waals surface area contributed by atoms with Gasteiger partial charge in [-0.25, -0.2) is 9.78 Å². The van der Waals surface area contributed by atoms with Crippen LogP contribution in [0.2, 0.25) is 0 Å². The van der Waals surface area contributed by atoms with Gasteiger partial charge in [0.15, 0.2) is 6.10 Å². The molecule has 3 heterocycles. The van der Waals surface area contributed by atoms with Crippen LogP contribution >= 0.6 is 23.1 Å². The molecule has 0 bridgehead atoms. The molecule has 116 valence electrons. The predicted octanol–water partition coefficient (Wildman–Crippen LogP) is 1.39. The van der Waals surface area contributed by atoms with Gasteiger partial charge >= 0.3 is 11.9 Å². The van der Waals surface area contributed by atoms with Crippen molar-refractivity contribution in [2.45, 2.75) is 24.8 Å². The highest BCUT2D eigenvalue weighted by atomic mass is 32.2. The molecule has 3 rings (SSSR count). The van der Waals surface area contributed by atoms with E-state index in [0.717, 1.165) is 0 Å². The lowest BCUT2D eigenvalue weighted by Gasteiger charge is -2.46. The standard InChI is InChI=1S/C13H12N2O5S2/c1-6(16)20-11(12-14-2-3-21-12)10-7(13(18)19)5-22-9-4-8(17)15(9)10/h2-3,9,11H,4-5H2,1H3,(H,18,19)/t9-,11?/m0/s1. The molecule has 1 fully saturated rings. The fourth-order valence-corrected chi connectivity index (χ4v) is 4.36. The molecule has 0 spiro atoms. The van der Waals surface area contributed by atoms with Gasteiger partial charge in [-0.3, -0.25) is 14.5 Å². The summed E-state index contributed by atoms with van der Waals surface area (Å²) in [6, 6.07) is 0. The number of hydrogen-bond acceptors (Lipinski definition) is 7. The molecule has 9 heteroatoms. The monoisotopic (exact) mass is 340 g/mol. The van der Waals surface area contributed by atoms with Crippen LogP contribution in [0.4, 0.5) is 0 Å². The summed E-state index contributed by atoms with van der Waals surface area (Å²) in [6.45, 7) is 1.24. The molecule has 0 aromatic carbocycles. The fraction of sp³-hybridized carbons (Fsp3) is 0.385. The molecule has 2 aliphatic heterocycles. The first kappa shape index (κ1) is 15.0. The van der Waals surface area contributed by atoms with Gasteiger partial charge < -0.3 is 9.84 Å². The number of aromatic nitrogens is 1. The Morgan fingerprint density at radius 3 is 2.86 bits per heavy atom. The van der Waals surface area contributed by atoms with E-state index in [1.807, 2.05) is 0 Å². The minimum atomic E-state index is -1.12. The first-order valence-electron chi connectivity index (χ1n) is 6.45. The van der Waals surface area contributed by atoms with Crippen LogP contribution < -0.4 is 0 Å². The third-order valence-electron chi connectivity index (χ3n) is 3.36. The molecular weight excluding hydrogens is 328 g/mol. The second-order valence-electron chi connectivity index (χ2n) is 4.76. The number of thiazole rings is 1. The van der Waals surface area contributed by atoms with Gasteiger partial charge in [-0.2, -0.15) is 0 Å². The van der Waals surface area contributed by atoms with Crippen LogP contribution in [0, 0.1) is 0 Å². The zero-order chi connectivity index (χ0) is 15.9. The molecule has 1 aromatic heterocycles. The third-order valence-corrected chi connectivity index (χ3v) is 5.40. The Morgan fingerprint density at radius 1 is 1.55 bits per heavy atom. The number of hydrogen-bond donors (Lipinski definition) is 1. The average Bonchev–Trinajstić information content (AvgIpc) is 2.96. The molecule has 2 aliphatic rings. The van der Waals surface area contributed by atoms with E-state index in [0.29, 0.717) is 11.4 Å². The topological polar surface area (TPSA) is 96.8 Å². The number of fused-ring (bicyclic) bond motifs is 1. The summed E-state index contributed by atoms with van der Waals surface area (Å²) < 4.78 is 5.30. The summed E-state index contributed by atoms with van der Waals surface area (Å²) in [5.74, 6) is -1.57. The van der Waals surface area contributed by atoms with Gasteiger partial charge in [0.1, 0.15) is 5.01 Å². The number of rotatable bonds is 4. The number of amides is 1. The van der Waals surface area contributed by atoms with Crippen molar-refractivity contribution in [1.29, 1.82) is 0 Å². The summed E-state index contributed by atoms with van der Waals surface area (Å²) >= 11 is 2.65. The smallest absolute Gasteiger partial charge is 0.334 e. The third kappa shape index (κ3) is 2.50. The van der Waals surface area contributed by atoms with Crippen LogP contribution in [0.25, 0.3) is 0 Å². The molecule has 1 N–H and O–H groups in total. The number of thioether (sulfide) groups is 1. The van der Waals surface area contributed by atoms with Gasteiger partial charge in [0.05, 0.1) is 23.1 Å². The van der Waals surface area contributed by atoms with Crippen LogP contribution in [0.3, 0.4) is 0 Å². The van der Waals surface area contributed by atoms with E-state index < -0.39 is 18.0 Å². The molecule has 1 unspecified atom stereocenters. The second kappa shape index (κ2) is 5.73. The molecule has 7 nitrogen and oxygen atoms in total. The van der Waals surface area contributed by atoms with Crippen molar-refractivity contribution in [3.63, 3.8) is 0 Å². The van der Waals surface area contributed by atoms with Crippen molar-refractivity contribution in [1.82, 2.24) is 9.88 Å². The van der Waals surface area contributed by atoms with E-state index in [2.05, 4.69) is 4.98 Å².